The van der Waals surface area contributed by atoms with Gasteiger partial charge in [-0.25, -0.2) is 0 Å². The predicted molar refractivity (Wildman–Crippen MR) is 20.1 cm³/mol. The topological polar surface area (TPSA) is 47.8 Å². The second-order valence-corrected chi connectivity index (χ2v) is 1.49. The van der Waals surface area contributed by atoms with E-state index in [4.69, 9.17) is 5.11 Å². The third kappa shape index (κ3) is 0.240. The summed E-state index contributed by atoms with van der Waals surface area (Å²) >= 11 is 0. The predicted octanol–water partition coefficient (Wildman–Crippen LogP) is -1.09. The number of hydrogen-bond donors (Lipinski definition) is 2. The summed E-state index contributed by atoms with van der Waals surface area (Å²) in [7, 11) is 0. The van der Waals surface area contributed by atoms with Crippen molar-refractivity contribution in [3.63, 3.8) is 0 Å². The minimum atomic E-state index is -1.17. The SMILES string of the molecule is OC12NC=CN1O2. The van der Waals surface area contributed by atoms with Crippen molar-refractivity contribution in [3.05, 3.63) is 12.4 Å². The van der Waals surface area contributed by atoms with Crippen LogP contribution in [0.25, 0.3) is 0 Å². The van der Waals surface area contributed by atoms with Crippen molar-refractivity contribution >= 4 is 0 Å². The number of nitrogens with one attached hydrogen (secondary N) is 1. The summed E-state index contributed by atoms with van der Waals surface area (Å²) in [6.07, 6.45) is 3.23. The van der Waals surface area contributed by atoms with Crippen molar-refractivity contribution in [3.8, 4) is 0 Å². The summed E-state index contributed by atoms with van der Waals surface area (Å²) in [6.45, 7) is 0. The number of hydrogen-bond acceptors (Lipinski definition) is 4. The monoisotopic (exact) mass is 100 g/mol. The zero-order valence-corrected chi connectivity index (χ0v) is 3.46. The van der Waals surface area contributed by atoms with Gasteiger partial charge in [-0.05, 0) is 0 Å². The Balaban J connectivity index is 2.28. The molecule has 0 aliphatic carbocycles. The summed E-state index contributed by atoms with van der Waals surface area (Å²) in [5.74, 6) is 0. The fraction of sp³-hybridized carbons (Fsp3) is 0.333. The quantitative estimate of drug-likeness (QED) is 0.380. The van der Waals surface area contributed by atoms with Crippen molar-refractivity contribution < 1.29 is 9.94 Å². The second kappa shape index (κ2) is 0.635. The number of rotatable bonds is 0. The lowest BCUT2D eigenvalue weighted by atomic mass is 10.9. The standard InChI is InChI=1S/C3H4N2O2/c6-3-4-1-2-5(3)7-3/h1-2,4,6H. The van der Waals surface area contributed by atoms with Crippen LogP contribution in [0.15, 0.2) is 12.4 Å². The molecule has 1 atom stereocenters. The lowest BCUT2D eigenvalue weighted by molar-refractivity contribution is 0.0177. The van der Waals surface area contributed by atoms with Crippen molar-refractivity contribution in [1.82, 2.24) is 10.4 Å². The molecule has 2 aliphatic rings. The summed E-state index contributed by atoms with van der Waals surface area (Å²) in [4.78, 5) is 4.53. The molecular formula is C3H4N2O2. The smallest absolute Gasteiger partial charge is 0.328 e. The van der Waals surface area contributed by atoms with E-state index in [9.17, 15) is 0 Å². The summed E-state index contributed by atoms with van der Waals surface area (Å²) in [6, 6.07) is -1.17. The zero-order chi connectivity index (χ0) is 4.91. The molecule has 0 aromatic carbocycles. The Morgan fingerprint density at radius 1 is 1.86 bits per heavy atom. The van der Waals surface area contributed by atoms with Crippen LogP contribution in [0.5, 0.6) is 0 Å². The first kappa shape index (κ1) is 3.29. The van der Waals surface area contributed by atoms with E-state index >= 15 is 0 Å². The van der Waals surface area contributed by atoms with Crippen molar-refractivity contribution in [2.45, 2.75) is 6.03 Å². The third-order valence-corrected chi connectivity index (χ3v) is 0.973. The van der Waals surface area contributed by atoms with Crippen molar-refractivity contribution in [1.29, 1.82) is 0 Å². The molecule has 1 saturated heterocycles. The van der Waals surface area contributed by atoms with Crippen LogP contribution in [0.2, 0.25) is 0 Å². The molecular weight excluding hydrogens is 96.0 g/mol. The highest BCUT2D eigenvalue weighted by atomic mass is 17.0. The maximum atomic E-state index is 8.80. The lowest BCUT2D eigenvalue weighted by Crippen LogP contribution is -2.26. The Hall–Kier alpha value is -0.740. The van der Waals surface area contributed by atoms with Gasteiger partial charge in [-0.3, -0.25) is 0 Å². The highest BCUT2D eigenvalue weighted by molar-refractivity contribution is 4.96. The van der Waals surface area contributed by atoms with Crippen LogP contribution in [-0.2, 0) is 4.84 Å². The van der Waals surface area contributed by atoms with Gasteiger partial charge in [-0.1, -0.05) is 0 Å². The van der Waals surface area contributed by atoms with E-state index in [0.29, 0.717) is 0 Å². The molecule has 0 aromatic heterocycles. The Morgan fingerprint density at radius 3 is 2.86 bits per heavy atom. The maximum Gasteiger partial charge on any atom is 0.381 e. The van der Waals surface area contributed by atoms with Crippen LogP contribution < -0.4 is 5.32 Å². The molecule has 4 heteroatoms. The molecule has 2 rings (SSSR count). The van der Waals surface area contributed by atoms with E-state index in [2.05, 4.69) is 10.2 Å². The fourth-order valence-corrected chi connectivity index (χ4v) is 0.552. The Labute approximate surface area is 39.9 Å². The van der Waals surface area contributed by atoms with Gasteiger partial charge in [-0.2, -0.15) is 9.90 Å². The van der Waals surface area contributed by atoms with Crippen LogP contribution in [0.3, 0.4) is 0 Å². The van der Waals surface area contributed by atoms with Gasteiger partial charge in [0, 0.05) is 6.20 Å². The minimum Gasteiger partial charge on any atom is -0.328 e. The molecule has 1 unspecified atom stereocenters. The third-order valence-electron chi connectivity index (χ3n) is 0.973. The zero-order valence-electron chi connectivity index (χ0n) is 3.46. The van der Waals surface area contributed by atoms with E-state index in [1.807, 2.05) is 0 Å². The summed E-state index contributed by atoms with van der Waals surface area (Å²) < 4.78 is 0. The molecule has 0 spiro atoms. The first-order chi connectivity index (χ1) is 3.31. The van der Waals surface area contributed by atoms with E-state index in [1.54, 1.807) is 12.4 Å². The minimum absolute atomic E-state index is 1.17. The van der Waals surface area contributed by atoms with E-state index < -0.39 is 6.03 Å². The first-order valence-electron chi connectivity index (χ1n) is 1.96. The molecule has 1 fully saturated rings. The number of aliphatic hydroxyl groups is 1. The van der Waals surface area contributed by atoms with Crippen LogP contribution >= 0.6 is 0 Å². The largest absolute Gasteiger partial charge is 0.381 e. The molecule has 0 saturated carbocycles. The average Bonchev–Trinajstić information content (AvgIpc) is 2.09. The summed E-state index contributed by atoms with van der Waals surface area (Å²) in [5.41, 5.74) is 0. The van der Waals surface area contributed by atoms with Crippen LogP contribution in [0.4, 0.5) is 0 Å². The first-order valence-corrected chi connectivity index (χ1v) is 1.96. The van der Waals surface area contributed by atoms with Gasteiger partial charge < -0.3 is 10.4 Å². The van der Waals surface area contributed by atoms with Crippen molar-refractivity contribution in [2.75, 3.05) is 0 Å². The number of fused-ring (bicyclic) bond motifs is 1. The van der Waals surface area contributed by atoms with Gasteiger partial charge in [-0.15, -0.1) is 0 Å². The number of nitrogens with zero attached hydrogens (tertiary/aromatic N) is 1. The molecule has 0 radical (unpaired) electrons. The average molecular weight is 100 g/mol. The molecule has 0 amide bonds. The Morgan fingerprint density at radius 2 is 2.71 bits per heavy atom. The van der Waals surface area contributed by atoms with E-state index in [1.165, 1.54) is 5.06 Å². The van der Waals surface area contributed by atoms with Crippen LogP contribution in [0, 0.1) is 0 Å². The normalized spacial score (nSPS) is 43.3. The van der Waals surface area contributed by atoms with E-state index in [0.717, 1.165) is 0 Å². The highest BCUT2D eigenvalue weighted by Gasteiger charge is 2.55. The van der Waals surface area contributed by atoms with Gasteiger partial charge >= 0.3 is 6.03 Å². The molecule has 0 aromatic rings. The summed E-state index contributed by atoms with van der Waals surface area (Å²) in [5, 5.41) is 12.7. The molecule has 7 heavy (non-hydrogen) atoms. The molecule has 2 heterocycles. The van der Waals surface area contributed by atoms with Gasteiger partial charge in [0.2, 0.25) is 0 Å². The van der Waals surface area contributed by atoms with Crippen LogP contribution in [0.1, 0.15) is 0 Å². The van der Waals surface area contributed by atoms with Crippen molar-refractivity contribution in [2.24, 2.45) is 0 Å². The number of hydroxylamine groups is 2. The molecule has 2 aliphatic heterocycles. The van der Waals surface area contributed by atoms with Gasteiger partial charge in [0.15, 0.2) is 0 Å². The Bertz CT molecular complexity index is 135. The Kier molecular flexibility index (Phi) is 0.298. The molecule has 38 valence electrons. The highest BCUT2D eigenvalue weighted by Crippen LogP contribution is 2.32. The van der Waals surface area contributed by atoms with E-state index in [-0.39, 0.29) is 0 Å². The second-order valence-electron chi connectivity index (χ2n) is 1.49. The molecule has 4 nitrogen and oxygen atoms in total. The van der Waals surface area contributed by atoms with Gasteiger partial charge in [0.1, 0.15) is 0 Å². The van der Waals surface area contributed by atoms with Gasteiger partial charge in [0.25, 0.3) is 0 Å². The molecule has 2 N–H and O–H groups in total. The van der Waals surface area contributed by atoms with Crippen LogP contribution in [-0.4, -0.2) is 16.2 Å². The lowest BCUT2D eigenvalue weighted by Gasteiger charge is -1.91. The fourth-order valence-electron chi connectivity index (χ4n) is 0.552. The van der Waals surface area contributed by atoms with Gasteiger partial charge in [0.05, 0.1) is 6.20 Å². The maximum absolute atomic E-state index is 8.80. The molecule has 0 bridgehead atoms.